The quantitative estimate of drug-likeness (QED) is 0.762. The zero-order chi connectivity index (χ0) is 11.1. The summed E-state index contributed by atoms with van der Waals surface area (Å²) in [6.45, 7) is 0. The molecule has 1 aliphatic rings. The molecule has 0 unspecified atom stereocenters. The lowest BCUT2D eigenvalue weighted by Gasteiger charge is -2.12. The summed E-state index contributed by atoms with van der Waals surface area (Å²) >= 11 is 0. The van der Waals surface area contributed by atoms with E-state index in [4.69, 9.17) is 10.00 Å². The van der Waals surface area contributed by atoms with Crippen LogP contribution in [0.1, 0.15) is 24.0 Å². The SMILES string of the molecule is COc1cc(O)c(C2(O)CC2)cc1C#N. The average Bonchev–Trinajstić information content (AvgIpc) is 2.96. The van der Waals surface area contributed by atoms with Gasteiger partial charge in [0.15, 0.2) is 0 Å². The number of rotatable bonds is 2. The standard InChI is InChI=1S/C11H11NO3/c1-15-10-5-9(13)8(4-7(10)6-12)11(14)2-3-11/h4-5,13-14H,2-3H2,1H3. The van der Waals surface area contributed by atoms with Gasteiger partial charge in [-0.05, 0) is 18.9 Å². The fourth-order valence-electron chi connectivity index (χ4n) is 1.59. The molecule has 2 N–H and O–H groups in total. The van der Waals surface area contributed by atoms with Crippen LogP contribution in [0.25, 0.3) is 0 Å². The molecule has 0 amide bonds. The van der Waals surface area contributed by atoms with Crippen molar-refractivity contribution < 1.29 is 14.9 Å². The van der Waals surface area contributed by atoms with E-state index in [0.29, 0.717) is 29.7 Å². The van der Waals surface area contributed by atoms with Crippen molar-refractivity contribution in [1.29, 1.82) is 5.26 Å². The summed E-state index contributed by atoms with van der Waals surface area (Å²) in [6, 6.07) is 4.82. The van der Waals surface area contributed by atoms with Gasteiger partial charge in [-0.15, -0.1) is 0 Å². The van der Waals surface area contributed by atoms with Crippen molar-refractivity contribution in [3.05, 3.63) is 23.3 Å². The number of phenolic OH excluding ortho intramolecular Hbond substituents is 1. The Labute approximate surface area is 87.3 Å². The number of aliphatic hydroxyl groups is 1. The highest BCUT2D eigenvalue weighted by atomic mass is 16.5. The minimum atomic E-state index is -0.943. The lowest BCUT2D eigenvalue weighted by atomic mass is 10.0. The number of ether oxygens (including phenoxy) is 1. The van der Waals surface area contributed by atoms with E-state index in [1.54, 1.807) is 0 Å². The molecule has 1 aromatic carbocycles. The minimum absolute atomic E-state index is 0.0224. The molecule has 2 rings (SSSR count). The molecule has 4 heteroatoms. The lowest BCUT2D eigenvalue weighted by molar-refractivity contribution is 0.147. The molecular weight excluding hydrogens is 194 g/mol. The maximum absolute atomic E-state index is 9.85. The van der Waals surface area contributed by atoms with Crippen LogP contribution in [0, 0.1) is 11.3 Å². The number of nitrogens with zero attached hydrogens (tertiary/aromatic N) is 1. The number of nitriles is 1. The predicted molar refractivity (Wildman–Crippen MR) is 52.5 cm³/mol. The summed E-state index contributed by atoms with van der Waals surface area (Å²) in [4.78, 5) is 0. The Morgan fingerprint density at radius 1 is 1.47 bits per heavy atom. The molecule has 0 aromatic heterocycles. The van der Waals surface area contributed by atoms with Crippen LogP contribution in [0.2, 0.25) is 0 Å². The molecule has 0 saturated heterocycles. The van der Waals surface area contributed by atoms with Crippen molar-refractivity contribution in [2.24, 2.45) is 0 Å². The molecule has 1 fully saturated rings. The van der Waals surface area contributed by atoms with Gasteiger partial charge in [-0.1, -0.05) is 0 Å². The number of hydrogen-bond acceptors (Lipinski definition) is 4. The van der Waals surface area contributed by atoms with Crippen LogP contribution in [-0.4, -0.2) is 17.3 Å². The number of hydrogen-bond donors (Lipinski definition) is 2. The Morgan fingerprint density at radius 2 is 2.13 bits per heavy atom. The summed E-state index contributed by atoms with van der Waals surface area (Å²) in [5, 5.41) is 28.4. The summed E-state index contributed by atoms with van der Waals surface area (Å²) in [6.07, 6.45) is 1.25. The molecular formula is C11H11NO3. The van der Waals surface area contributed by atoms with Gasteiger partial charge in [-0.25, -0.2) is 0 Å². The zero-order valence-corrected chi connectivity index (χ0v) is 8.32. The second-order valence-corrected chi connectivity index (χ2v) is 3.71. The van der Waals surface area contributed by atoms with Crippen LogP contribution in [0.15, 0.2) is 12.1 Å². The van der Waals surface area contributed by atoms with Gasteiger partial charge in [-0.2, -0.15) is 5.26 Å². The van der Waals surface area contributed by atoms with Crippen molar-refractivity contribution >= 4 is 0 Å². The van der Waals surface area contributed by atoms with Gasteiger partial charge in [0.05, 0.1) is 18.3 Å². The van der Waals surface area contributed by atoms with Crippen molar-refractivity contribution in [3.63, 3.8) is 0 Å². The van der Waals surface area contributed by atoms with Crippen molar-refractivity contribution in [1.82, 2.24) is 0 Å². The molecule has 0 aliphatic heterocycles. The van der Waals surface area contributed by atoms with E-state index in [9.17, 15) is 10.2 Å². The van der Waals surface area contributed by atoms with Gasteiger partial charge >= 0.3 is 0 Å². The number of methoxy groups -OCH3 is 1. The largest absolute Gasteiger partial charge is 0.507 e. The van der Waals surface area contributed by atoms with Gasteiger partial charge in [0.2, 0.25) is 0 Å². The second kappa shape index (κ2) is 3.14. The summed E-state index contributed by atoms with van der Waals surface area (Å²) in [5.41, 5.74) is -0.201. The lowest BCUT2D eigenvalue weighted by Crippen LogP contribution is -2.05. The van der Waals surface area contributed by atoms with Gasteiger partial charge < -0.3 is 14.9 Å². The molecule has 0 heterocycles. The topological polar surface area (TPSA) is 73.5 Å². The third-order valence-electron chi connectivity index (χ3n) is 2.66. The van der Waals surface area contributed by atoms with Crippen LogP contribution >= 0.6 is 0 Å². The Hall–Kier alpha value is -1.73. The number of benzene rings is 1. The summed E-state index contributed by atoms with van der Waals surface area (Å²) in [7, 11) is 1.43. The Balaban J connectivity index is 2.54. The third kappa shape index (κ3) is 1.51. The van der Waals surface area contributed by atoms with Crippen LogP contribution in [0.3, 0.4) is 0 Å². The van der Waals surface area contributed by atoms with E-state index >= 15 is 0 Å². The normalized spacial score (nSPS) is 16.9. The molecule has 78 valence electrons. The minimum Gasteiger partial charge on any atom is -0.507 e. The van der Waals surface area contributed by atoms with E-state index in [-0.39, 0.29) is 5.75 Å². The number of aromatic hydroxyl groups is 1. The Kier molecular flexibility index (Phi) is 2.06. The fourth-order valence-corrected chi connectivity index (χ4v) is 1.59. The van der Waals surface area contributed by atoms with Crippen LogP contribution in [0.5, 0.6) is 11.5 Å². The Morgan fingerprint density at radius 3 is 2.60 bits per heavy atom. The third-order valence-corrected chi connectivity index (χ3v) is 2.66. The van der Waals surface area contributed by atoms with E-state index < -0.39 is 5.60 Å². The first-order valence-electron chi connectivity index (χ1n) is 4.65. The molecule has 0 bridgehead atoms. The highest BCUT2D eigenvalue weighted by Gasteiger charge is 2.44. The maximum atomic E-state index is 9.85. The van der Waals surface area contributed by atoms with E-state index in [2.05, 4.69) is 0 Å². The first-order chi connectivity index (χ1) is 7.10. The van der Waals surface area contributed by atoms with Crippen LogP contribution in [0.4, 0.5) is 0 Å². The number of phenols is 1. The first-order valence-corrected chi connectivity index (χ1v) is 4.65. The summed E-state index contributed by atoms with van der Waals surface area (Å²) in [5.74, 6) is 0.300. The second-order valence-electron chi connectivity index (χ2n) is 3.71. The zero-order valence-electron chi connectivity index (χ0n) is 8.32. The summed E-state index contributed by atoms with van der Waals surface area (Å²) < 4.78 is 4.94. The smallest absolute Gasteiger partial charge is 0.140 e. The molecule has 0 radical (unpaired) electrons. The van der Waals surface area contributed by atoms with Crippen LogP contribution in [-0.2, 0) is 5.60 Å². The average molecular weight is 205 g/mol. The van der Waals surface area contributed by atoms with Crippen molar-refractivity contribution in [2.75, 3.05) is 7.11 Å². The van der Waals surface area contributed by atoms with Gasteiger partial charge in [-0.3, -0.25) is 0 Å². The van der Waals surface area contributed by atoms with Crippen LogP contribution < -0.4 is 4.74 Å². The van der Waals surface area contributed by atoms with Gasteiger partial charge in [0.25, 0.3) is 0 Å². The molecule has 15 heavy (non-hydrogen) atoms. The van der Waals surface area contributed by atoms with E-state index in [0.717, 1.165) is 0 Å². The van der Waals surface area contributed by atoms with Gasteiger partial charge in [0.1, 0.15) is 17.6 Å². The Bertz CT molecular complexity index is 444. The molecule has 1 saturated carbocycles. The highest BCUT2D eigenvalue weighted by Crippen LogP contribution is 2.49. The molecule has 1 aromatic rings. The van der Waals surface area contributed by atoms with E-state index in [1.807, 2.05) is 6.07 Å². The van der Waals surface area contributed by atoms with Crippen molar-refractivity contribution in [2.45, 2.75) is 18.4 Å². The maximum Gasteiger partial charge on any atom is 0.140 e. The predicted octanol–water partition coefficient (Wildman–Crippen LogP) is 1.25. The molecule has 1 aliphatic carbocycles. The molecule has 0 atom stereocenters. The first kappa shape index (κ1) is 9.81. The molecule has 4 nitrogen and oxygen atoms in total. The fraction of sp³-hybridized carbons (Fsp3) is 0.364. The van der Waals surface area contributed by atoms with Crippen molar-refractivity contribution in [3.8, 4) is 17.6 Å². The monoisotopic (exact) mass is 205 g/mol. The molecule has 0 spiro atoms. The van der Waals surface area contributed by atoms with E-state index in [1.165, 1.54) is 19.2 Å². The van der Waals surface area contributed by atoms with Gasteiger partial charge in [0, 0.05) is 11.6 Å². The highest BCUT2D eigenvalue weighted by molar-refractivity contribution is 5.54.